The molecule has 1 aliphatic rings. The number of H-pyrrole nitrogens is 1. The number of nitrogens with zero attached hydrogens (tertiary/aromatic N) is 2. The fourth-order valence-electron chi connectivity index (χ4n) is 2.86. The van der Waals surface area contributed by atoms with E-state index in [4.69, 9.17) is 21.7 Å². The zero-order valence-electron chi connectivity index (χ0n) is 12.8. The predicted octanol–water partition coefficient (Wildman–Crippen LogP) is 2.71. The van der Waals surface area contributed by atoms with Crippen molar-refractivity contribution in [2.45, 2.75) is 19.5 Å². The summed E-state index contributed by atoms with van der Waals surface area (Å²) in [5.74, 6) is 1.57. The number of hydrogen-bond donors (Lipinski definition) is 1. The quantitative estimate of drug-likeness (QED) is 0.879. The minimum absolute atomic E-state index is 0.557. The van der Waals surface area contributed by atoms with E-state index in [1.54, 1.807) is 14.2 Å². The first kappa shape index (κ1) is 15.0. The van der Waals surface area contributed by atoms with Crippen LogP contribution in [0, 0.1) is 4.77 Å². The molecule has 1 aromatic carbocycles. The van der Waals surface area contributed by atoms with Gasteiger partial charge in [-0.2, -0.15) is 0 Å². The Morgan fingerprint density at radius 3 is 2.95 bits per heavy atom. The number of benzene rings is 1. The fraction of sp³-hybridized carbons (Fsp3) is 0.375. The van der Waals surface area contributed by atoms with Crippen molar-refractivity contribution in [3.63, 3.8) is 0 Å². The minimum Gasteiger partial charge on any atom is -0.493 e. The lowest BCUT2D eigenvalue weighted by Gasteiger charge is -2.28. The van der Waals surface area contributed by atoms with Crippen LogP contribution in [0.15, 0.2) is 24.4 Å². The van der Waals surface area contributed by atoms with E-state index in [1.165, 1.54) is 11.3 Å². The van der Waals surface area contributed by atoms with Crippen molar-refractivity contribution in [2.24, 2.45) is 0 Å². The summed E-state index contributed by atoms with van der Waals surface area (Å²) in [6.45, 7) is 2.65. The van der Waals surface area contributed by atoms with Gasteiger partial charge in [0.25, 0.3) is 0 Å². The average molecular weight is 317 g/mol. The minimum atomic E-state index is 0.557. The van der Waals surface area contributed by atoms with E-state index in [0.717, 1.165) is 43.1 Å². The van der Waals surface area contributed by atoms with Gasteiger partial charge in [0.2, 0.25) is 0 Å². The summed E-state index contributed by atoms with van der Waals surface area (Å²) >= 11 is 5.08. The maximum absolute atomic E-state index is 5.51. The molecule has 0 amide bonds. The number of fused-ring (bicyclic) bond motifs is 1. The summed E-state index contributed by atoms with van der Waals surface area (Å²) in [6.07, 6.45) is 2.83. The molecule has 0 bridgehead atoms. The van der Waals surface area contributed by atoms with Gasteiger partial charge in [-0.1, -0.05) is 12.1 Å². The van der Waals surface area contributed by atoms with Crippen molar-refractivity contribution in [1.29, 1.82) is 0 Å². The molecule has 3 rings (SSSR count). The number of rotatable bonds is 4. The van der Waals surface area contributed by atoms with Crippen LogP contribution in [-0.4, -0.2) is 35.6 Å². The molecule has 0 radical (unpaired) electrons. The van der Waals surface area contributed by atoms with Crippen molar-refractivity contribution in [1.82, 2.24) is 14.9 Å². The third kappa shape index (κ3) is 2.98. The maximum atomic E-state index is 5.51. The number of ether oxygens (including phenoxy) is 2. The highest BCUT2D eigenvalue weighted by Crippen LogP contribution is 2.32. The third-order valence-corrected chi connectivity index (χ3v) is 4.14. The second-order valence-corrected chi connectivity index (χ2v) is 5.69. The molecule has 0 saturated carbocycles. The highest BCUT2D eigenvalue weighted by Gasteiger charge is 2.19. The largest absolute Gasteiger partial charge is 0.493 e. The van der Waals surface area contributed by atoms with Gasteiger partial charge in [0, 0.05) is 49.1 Å². The monoisotopic (exact) mass is 317 g/mol. The Morgan fingerprint density at radius 1 is 1.32 bits per heavy atom. The van der Waals surface area contributed by atoms with Crippen molar-refractivity contribution < 1.29 is 9.47 Å². The normalized spacial score (nSPS) is 14.5. The van der Waals surface area contributed by atoms with Gasteiger partial charge in [-0.25, -0.2) is 4.98 Å². The van der Waals surface area contributed by atoms with Crippen LogP contribution in [0.3, 0.4) is 0 Å². The van der Waals surface area contributed by atoms with Gasteiger partial charge in [-0.3, -0.25) is 4.90 Å². The van der Waals surface area contributed by atoms with E-state index in [9.17, 15) is 0 Å². The zero-order valence-corrected chi connectivity index (χ0v) is 13.6. The summed E-state index contributed by atoms with van der Waals surface area (Å²) in [7, 11) is 3.34. The van der Waals surface area contributed by atoms with Crippen LogP contribution in [0.4, 0.5) is 0 Å². The average Bonchev–Trinajstić information content (AvgIpc) is 2.54. The summed E-state index contributed by atoms with van der Waals surface area (Å²) < 4.78 is 11.4. The Labute approximate surface area is 134 Å². The van der Waals surface area contributed by atoms with Gasteiger partial charge < -0.3 is 14.5 Å². The van der Waals surface area contributed by atoms with E-state index < -0.39 is 0 Å². The first-order valence-corrected chi connectivity index (χ1v) is 7.61. The van der Waals surface area contributed by atoms with Gasteiger partial charge >= 0.3 is 0 Å². The van der Waals surface area contributed by atoms with Crippen LogP contribution in [0.2, 0.25) is 0 Å². The predicted molar refractivity (Wildman–Crippen MR) is 86.8 cm³/mol. The molecular weight excluding hydrogens is 298 g/mol. The molecular formula is C16H19N3O2S. The van der Waals surface area contributed by atoms with Gasteiger partial charge in [-0.15, -0.1) is 0 Å². The Bertz CT molecular complexity index is 730. The molecule has 0 saturated heterocycles. The maximum Gasteiger partial charge on any atom is 0.196 e. The molecule has 22 heavy (non-hydrogen) atoms. The molecule has 2 heterocycles. The van der Waals surface area contributed by atoms with E-state index in [1.807, 2.05) is 18.3 Å². The number of aromatic amines is 1. The topological polar surface area (TPSA) is 50.4 Å². The smallest absolute Gasteiger partial charge is 0.196 e. The highest BCUT2D eigenvalue weighted by atomic mass is 32.1. The molecule has 1 aromatic heterocycles. The van der Waals surface area contributed by atoms with Crippen LogP contribution >= 0.6 is 12.2 Å². The second-order valence-electron chi connectivity index (χ2n) is 5.31. The molecule has 0 unspecified atom stereocenters. The molecule has 0 fully saturated rings. The molecule has 2 aromatic rings. The van der Waals surface area contributed by atoms with Gasteiger partial charge in [0.15, 0.2) is 16.3 Å². The van der Waals surface area contributed by atoms with E-state index >= 15 is 0 Å². The molecule has 6 heteroatoms. The third-order valence-electron chi connectivity index (χ3n) is 3.93. The van der Waals surface area contributed by atoms with Gasteiger partial charge in [-0.05, 0) is 18.3 Å². The molecule has 0 aliphatic carbocycles. The summed E-state index contributed by atoms with van der Waals surface area (Å²) in [6, 6.07) is 5.98. The standard InChI is InChI=1S/C16H19N3O2S/c1-20-14-5-3-4-11(15(14)21-2)9-19-7-6-13-12(10-19)8-17-16(22)18-13/h3-5,8H,6-7,9-10H2,1-2H3,(H,17,18,22). The van der Waals surface area contributed by atoms with Crippen LogP contribution < -0.4 is 9.47 Å². The second kappa shape index (κ2) is 6.46. The molecule has 0 atom stereocenters. The SMILES string of the molecule is COc1cccc(CN2CCc3[nH]c(=S)ncc3C2)c1OC. The summed E-state index contributed by atoms with van der Waals surface area (Å²) in [5.41, 5.74) is 3.54. The first-order chi connectivity index (χ1) is 10.7. The molecule has 0 spiro atoms. The lowest BCUT2D eigenvalue weighted by Crippen LogP contribution is -2.31. The van der Waals surface area contributed by atoms with Crippen molar-refractivity contribution in [3.8, 4) is 11.5 Å². The number of nitrogens with one attached hydrogen (secondary N) is 1. The van der Waals surface area contributed by atoms with E-state index in [0.29, 0.717) is 4.77 Å². The van der Waals surface area contributed by atoms with Crippen molar-refractivity contribution in [3.05, 3.63) is 46.0 Å². The van der Waals surface area contributed by atoms with Gasteiger partial charge in [0.1, 0.15) is 0 Å². The van der Waals surface area contributed by atoms with Crippen LogP contribution in [-0.2, 0) is 19.5 Å². The van der Waals surface area contributed by atoms with E-state index in [-0.39, 0.29) is 0 Å². The fourth-order valence-corrected chi connectivity index (χ4v) is 3.04. The zero-order chi connectivity index (χ0) is 15.5. The van der Waals surface area contributed by atoms with Gasteiger partial charge in [0.05, 0.1) is 14.2 Å². The number of para-hydroxylation sites is 1. The Kier molecular flexibility index (Phi) is 4.40. The first-order valence-electron chi connectivity index (χ1n) is 7.20. The Balaban J connectivity index is 1.80. The van der Waals surface area contributed by atoms with Crippen LogP contribution in [0.25, 0.3) is 0 Å². The number of methoxy groups -OCH3 is 2. The van der Waals surface area contributed by atoms with Crippen molar-refractivity contribution >= 4 is 12.2 Å². The van der Waals surface area contributed by atoms with Crippen LogP contribution in [0.5, 0.6) is 11.5 Å². The lowest BCUT2D eigenvalue weighted by atomic mass is 10.1. The lowest BCUT2D eigenvalue weighted by molar-refractivity contribution is 0.237. The summed E-state index contributed by atoms with van der Waals surface area (Å²) in [4.78, 5) is 9.74. The molecule has 1 aliphatic heterocycles. The van der Waals surface area contributed by atoms with Crippen molar-refractivity contribution in [2.75, 3.05) is 20.8 Å². The molecule has 1 N–H and O–H groups in total. The van der Waals surface area contributed by atoms with Crippen LogP contribution in [0.1, 0.15) is 16.8 Å². The number of hydrogen-bond acceptors (Lipinski definition) is 5. The highest BCUT2D eigenvalue weighted by molar-refractivity contribution is 7.71. The van der Waals surface area contributed by atoms with E-state index in [2.05, 4.69) is 20.9 Å². The molecule has 116 valence electrons. The summed E-state index contributed by atoms with van der Waals surface area (Å²) in [5, 5.41) is 0. The Morgan fingerprint density at radius 2 is 2.18 bits per heavy atom. The number of aromatic nitrogens is 2. The molecule has 5 nitrogen and oxygen atoms in total. The Hall–Kier alpha value is -1.92.